The lowest BCUT2D eigenvalue weighted by atomic mass is 10.1. The summed E-state index contributed by atoms with van der Waals surface area (Å²) in [5.74, 6) is -0.849. The number of rotatable bonds is 7. The first-order valence-corrected chi connectivity index (χ1v) is 9.42. The van der Waals surface area contributed by atoms with E-state index in [1.165, 1.54) is 43.5 Å². The minimum Gasteiger partial charge on any atom is -0.478 e. The van der Waals surface area contributed by atoms with Crippen LogP contribution in [-0.4, -0.2) is 50.6 Å². The molecule has 1 aromatic carbocycles. The van der Waals surface area contributed by atoms with Crippen LogP contribution in [0, 0.1) is 5.92 Å². The van der Waals surface area contributed by atoms with Crippen molar-refractivity contribution in [3.05, 3.63) is 29.8 Å². The normalized spacial score (nSPS) is 17.8. The first-order valence-electron chi connectivity index (χ1n) is 7.94. The Morgan fingerprint density at radius 2 is 1.83 bits per heavy atom. The van der Waals surface area contributed by atoms with E-state index in [2.05, 4.69) is 9.62 Å². The highest BCUT2D eigenvalue weighted by Gasteiger charge is 2.18. The molecule has 1 unspecified atom stereocenters. The van der Waals surface area contributed by atoms with Gasteiger partial charge in [0.1, 0.15) is 0 Å². The SMILES string of the molecule is CC(CNS(=O)(=O)c1ccc(C(=O)O)cc1)CN1CCCCC1. The number of carbonyl (C=O) groups is 1. The molecule has 1 saturated heterocycles. The number of piperidine rings is 1. The Labute approximate surface area is 137 Å². The summed E-state index contributed by atoms with van der Waals surface area (Å²) < 4.78 is 27.1. The molecule has 1 aromatic rings. The third-order valence-electron chi connectivity index (χ3n) is 4.05. The number of carboxylic acids is 1. The summed E-state index contributed by atoms with van der Waals surface area (Å²) in [6.07, 6.45) is 3.71. The van der Waals surface area contributed by atoms with Crippen molar-refractivity contribution in [1.82, 2.24) is 9.62 Å². The predicted octanol–water partition coefficient (Wildman–Crippen LogP) is 1.79. The van der Waals surface area contributed by atoms with Crippen molar-refractivity contribution in [2.75, 3.05) is 26.2 Å². The number of aromatic carboxylic acids is 1. The molecule has 6 nitrogen and oxygen atoms in total. The van der Waals surface area contributed by atoms with Crippen LogP contribution in [0.15, 0.2) is 29.2 Å². The summed E-state index contributed by atoms with van der Waals surface area (Å²) >= 11 is 0. The average Bonchev–Trinajstić information content (AvgIpc) is 2.54. The molecule has 7 heteroatoms. The van der Waals surface area contributed by atoms with Gasteiger partial charge in [-0.1, -0.05) is 13.3 Å². The standard InChI is InChI=1S/C16H24N2O4S/c1-13(12-18-9-3-2-4-10-18)11-17-23(21,22)15-7-5-14(6-8-15)16(19)20/h5-8,13,17H,2-4,9-12H2,1H3,(H,19,20). The minimum atomic E-state index is -3.60. The monoisotopic (exact) mass is 340 g/mol. The average molecular weight is 340 g/mol. The molecule has 0 aromatic heterocycles. The van der Waals surface area contributed by atoms with Crippen LogP contribution in [0.2, 0.25) is 0 Å². The summed E-state index contributed by atoms with van der Waals surface area (Å²) in [6.45, 7) is 5.48. The third kappa shape index (κ3) is 5.30. The first-order chi connectivity index (χ1) is 10.9. The van der Waals surface area contributed by atoms with Crippen molar-refractivity contribution in [1.29, 1.82) is 0 Å². The van der Waals surface area contributed by atoms with Crippen LogP contribution in [0.25, 0.3) is 0 Å². The van der Waals surface area contributed by atoms with Crippen LogP contribution in [0.5, 0.6) is 0 Å². The van der Waals surface area contributed by atoms with Gasteiger partial charge in [0.05, 0.1) is 10.5 Å². The van der Waals surface area contributed by atoms with Crippen molar-refractivity contribution in [2.24, 2.45) is 5.92 Å². The Hall–Kier alpha value is -1.44. The summed E-state index contributed by atoms with van der Waals surface area (Å²) in [6, 6.07) is 5.24. The Balaban J connectivity index is 1.88. The second-order valence-electron chi connectivity index (χ2n) is 6.15. The summed E-state index contributed by atoms with van der Waals surface area (Å²) in [5.41, 5.74) is 0.0717. The van der Waals surface area contributed by atoms with Gasteiger partial charge in [-0.05, 0) is 56.1 Å². The van der Waals surface area contributed by atoms with Gasteiger partial charge in [-0.15, -0.1) is 0 Å². The summed E-state index contributed by atoms with van der Waals surface area (Å²) in [5, 5.41) is 8.84. The lowest BCUT2D eigenvalue weighted by Gasteiger charge is -2.29. The maximum Gasteiger partial charge on any atom is 0.335 e. The number of nitrogens with one attached hydrogen (secondary N) is 1. The molecule has 1 heterocycles. The van der Waals surface area contributed by atoms with Crippen molar-refractivity contribution in [3.8, 4) is 0 Å². The molecule has 23 heavy (non-hydrogen) atoms. The highest BCUT2D eigenvalue weighted by molar-refractivity contribution is 7.89. The molecule has 2 rings (SSSR count). The van der Waals surface area contributed by atoms with Gasteiger partial charge in [-0.25, -0.2) is 17.9 Å². The maximum absolute atomic E-state index is 12.2. The zero-order valence-corrected chi connectivity index (χ0v) is 14.2. The molecule has 128 valence electrons. The van der Waals surface area contributed by atoms with Gasteiger partial charge in [0.2, 0.25) is 10.0 Å². The van der Waals surface area contributed by atoms with E-state index in [9.17, 15) is 13.2 Å². The van der Waals surface area contributed by atoms with E-state index in [1.807, 2.05) is 6.92 Å². The van der Waals surface area contributed by atoms with Crippen molar-refractivity contribution >= 4 is 16.0 Å². The molecule has 1 atom stereocenters. The van der Waals surface area contributed by atoms with Gasteiger partial charge < -0.3 is 10.0 Å². The molecule has 2 N–H and O–H groups in total. The number of benzene rings is 1. The van der Waals surface area contributed by atoms with Gasteiger partial charge in [-0.3, -0.25) is 0 Å². The quantitative estimate of drug-likeness (QED) is 0.790. The molecule has 0 saturated carbocycles. The molecular formula is C16H24N2O4S. The van der Waals surface area contributed by atoms with Crippen molar-refractivity contribution in [3.63, 3.8) is 0 Å². The van der Waals surface area contributed by atoms with Crippen LogP contribution in [-0.2, 0) is 10.0 Å². The number of hydrogen-bond acceptors (Lipinski definition) is 4. The predicted molar refractivity (Wildman–Crippen MR) is 88.0 cm³/mol. The second-order valence-corrected chi connectivity index (χ2v) is 7.91. The van der Waals surface area contributed by atoms with Crippen LogP contribution in [0.4, 0.5) is 0 Å². The number of sulfonamides is 1. The highest BCUT2D eigenvalue weighted by Crippen LogP contribution is 2.13. The lowest BCUT2D eigenvalue weighted by molar-refractivity contribution is 0.0696. The molecule has 0 aliphatic carbocycles. The van der Waals surface area contributed by atoms with Gasteiger partial charge in [0, 0.05) is 13.1 Å². The highest BCUT2D eigenvalue weighted by atomic mass is 32.2. The molecule has 1 aliphatic heterocycles. The summed E-state index contributed by atoms with van der Waals surface area (Å²) in [7, 11) is -3.60. The molecule has 1 fully saturated rings. The largest absolute Gasteiger partial charge is 0.478 e. The molecule has 0 spiro atoms. The van der Waals surface area contributed by atoms with Crippen molar-refractivity contribution < 1.29 is 18.3 Å². The zero-order valence-electron chi connectivity index (χ0n) is 13.4. The van der Waals surface area contributed by atoms with E-state index in [1.54, 1.807) is 0 Å². The molecule has 0 bridgehead atoms. The fourth-order valence-electron chi connectivity index (χ4n) is 2.76. The van der Waals surface area contributed by atoms with Crippen LogP contribution < -0.4 is 4.72 Å². The molecule has 0 radical (unpaired) electrons. The number of carboxylic acid groups (broad SMARTS) is 1. The van der Waals surface area contributed by atoms with Crippen LogP contribution >= 0.6 is 0 Å². The van der Waals surface area contributed by atoms with Gasteiger partial charge in [0.15, 0.2) is 0 Å². The molecule has 0 amide bonds. The van der Waals surface area contributed by atoms with Crippen LogP contribution in [0.1, 0.15) is 36.5 Å². The topological polar surface area (TPSA) is 86.7 Å². The second kappa shape index (κ2) is 7.90. The van der Waals surface area contributed by atoms with Crippen LogP contribution in [0.3, 0.4) is 0 Å². The Morgan fingerprint density at radius 3 is 2.39 bits per heavy atom. The van der Waals surface area contributed by atoms with Gasteiger partial charge in [0.25, 0.3) is 0 Å². The summed E-state index contributed by atoms with van der Waals surface area (Å²) in [4.78, 5) is 13.3. The van der Waals surface area contributed by atoms with E-state index in [0.717, 1.165) is 19.6 Å². The zero-order chi connectivity index (χ0) is 16.9. The van der Waals surface area contributed by atoms with E-state index in [-0.39, 0.29) is 16.4 Å². The third-order valence-corrected chi connectivity index (χ3v) is 5.49. The maximum atomic E-state index is 12.2. The minimum absolute atomic E-state index is 0.0717. The number of hydrogen-bond donors (Lipinski definition) is 2. The molecule has 1 aliphatic rings. The van der Waals surface area contributed by atoms with E-state index in [0.29, 0.717) is 6.54 Å². The smallest absolute Gasteiger partial charge is 0.335 e. The van der Waals surface area contributed by atoms with Crippen molar-refractivity contribution in [2.45, 2.75) is 31.1 Å². The Kier molecular flexibility index (Phi) is 6.15. The number of likely N-dealkylation sites (tertiary alicyclic amines) is 1. The fraction of sp³-hybridized carbons (Fsp3) is 0.562. The number of nitrogens with zero attached hydrogens (tertiary/aromatic N) is 1. The lowest BCUT2D eigenvalue weighted by Crippen LogP contribution is -2.38. The Bertz CT molecular complexity index is 622. The fourth-order valence-corrected chi connectivity index (χ4v) is 3.92. The molecular weight excluding hydrogens is 316 g/mol. The van der Waals surface area contributed by atoms with E-state index < -0.39 is 16.0 Å². The van der Waals surface area contributed by atoms with Gasteiger partial charge in [-0.2, -0.15) is 0 Å². The first kappa shape index (κ1) is 17.9. The van der Waals surface area contributed by atoms with Gasteiger partial charge >= 0.3 is 5.97 Å². The van der Waals surface area contributed by atoms with E-state index in [4.69, 9.17) is 5.11 Å². The van der Waals surface area contributed by atoms with E-state index >= 15 is 0 Å². The Morgan fingerprint density at radius 1 is 1.22 bits per heavy atom.